The van der Waals surface area contributed by atoms with E-state index in [0.29, 0.717) is 12.1 Å². The van der Waals surface area contributed by atoms with E-state index in [4.69, 9.17) is 4.74 Å². The van der Waals surface area contributed by atoms with Crippen molar-refractivity contribution >= 4 is 0 Å². The summed E-state index contributed by atoms with van der Waals surface area (Å²) < 4.78 is 5.14. The minimum absolute atomic E-state index is 0.579. The molecule has 0 aromatic rings. The van der Waals surface area contributed by atoms with Crippen molar-refractivity contribution in [3.63, 3.8) is 0 Å². The lowest BCUT2D eigenvalue weighted by Gasteiger charge is -2.19. The SMILES string of the molecule is COC[C@@H](NC(C)C)C1CC1. The van der Waals surface area contributed by atoms with Gasteiger partial charge in [0.15, 0.2) is 0 Å². The topological polar surface area (TPSA) is 21.3 Å². The van der Waals surface area contributed by atoms with Crippen LogP contribution >= 0.6 is 0 Å². The first-order valence-electron chi connectivity index (χ1n) is 4.49. The second kappa shape index (κ2) is 4.07. The van der Waals surface area contributed by atoms with Crippen LogP contribution in [0.25, 0.3) is 0 Å². The predicted molar refractivity (Wildman–Crippen MR) is 46.7 cm³/mol. The van der Waals surface area contributed by atoms with Crippen LogP contribution in [-0.4, -0.2) is 25.8 Å². The number of hydrogen-bond acceptors (Lipinski definition) is 2. The van der Waals surface area contributed by atoms with Crippen LogP contribution in [0.15, 0.2) is 0 Å². The first-order chi connectivity index (χ1) is 5.24. The molecule has 1 atom stereocenters. The molecule has 2 heteroatoms. The summed E-state index contributed by atoms with van der Waals surface area (Å²) in [5.41, 5.74) is 0. The van der Waals surface area contributed by atoms with E-state index in [1.807, 2.05) is 0 Å². The minimum atomic E-state index is 0.579. The molecule has 1 aliphatic rings. The molecule has 1 saturated carbocycles. The minimum Gasteiger partial charge on any atom is -0.383 e. The van der Waals surface area contributed by atoms with E-state index in [1.165, 1.54) is 12.8 Å². The fourth-order valence-electron chi connectivity index (χ4n) is 1.43. The van der Waals surface area contributed by atoms with E-state index in [1.54, 1.807) is 7.11 Å². The number of hydrogen-bond donors (Lipinski definition) is 1. The molecule has 0 spiro atoms. The van der Waals surface area contributed by atoms with Crippen LogP contribution in [0.2, 0.25) is 0 Å². The molecule has 0 radical (unpaired) electrons. The number of methoxy groups -OCH3 is 1. The number of nitrogens with one attached hydrogen (secondary N) is 1. The zero-order chi connectivity index (χ0) is 8.27. The first kappa shape index (κ1) is 9.01. The summed E-state index contributed by atoms with van der Waals surface area (Å²) in [5.74, 6) is 0.886. The largest absolute Gasteiger partial charge is 0.383 e. The highest BCUT2D eigenvalue weighted by molar-refractivity contribution is 4.86. The molecule has 0 aromatic carbocycles. The van der Waals surface area contributed by atoms with Crippen LogP contribution in [0.3, 0.4) is 0 Å². The molecule has 1 rings (SSSR count). The fraction of sp³-hybridized carbons (Fsp3) is 1.00. The van der Waals surface area contributed by atoms with Gasteiger partial charge in [0.05, 0.1) is 6.61 Å². The molecule has 1 aliphatic carbocycles. The highest BCUT2D eigenvalue weighted by Crippen LogP contribution is 2.32. The first-order valence-corrected chi connectivity index (χ1v) is 4.49. The van der Waals surface area contributed by atoms with Gasteiger partial charge < -0.3 is 10.1 Å². The summed E-state index contributed by atoms with van der Waals surface area (Å²) in [6, 6.07) is 1.18. The molecular formula is C9H19NO. The third-order valence-electron chi connectivity index (χ3n) is 2.08. The average Bonchev–Trinajstić information content (AvgIpc) is 2.66. The quantitative estimate of drug-likeness (QED) is 0.651. The lowest BCUT2D eigenvalue weighted by Crippen LogP contribution is -2.39. The smallest absolute Gasteiger partial charge is 0.0618 e. The van der Waals surface area contributed by atoms with Gasteiger partial charge in [0.2, 0.25) is 0 Å². The molecule has 0 heterocycles. The van der Waals surface area contributed by atoms with Gasteiger partial charge in [-0.15, -0.1) is 0 Å². The maximum absolute atomic E-state index is 5.14. The van der Waals surface area contributed by atoms with Gasteiger partial charge in [-0.2, -0.15) is 0 Å². The zero-order valence-corrected chi connectivity index (χ0v) is 7.76. The predicted octanol–water partition coefficient (Wildman–Crippen LogP) is 1.41. The van der Waals surface area contributed by atoms with Crippen molar-refractivity contribution in [2.24, 2.45) is 5.92 Å². The number of ether oxygens (including phenoxy) is 1. The van der Waals surface area contributed by atoms with Crippen LogP contribution in [0.4, 0.5) is 0 Å². The van der Waals surface area contributed by atoms with Crippen molar-refractivity contribution in [3.05, 3.63) is 0 Å². The third-order valence-corrected chi connectivity index (χ3v) is 2.08. The highest BCUT2D eigenvalue weighted by Gasteiger charge is 2.30. The Balaban J connectivity index is 2.20. The van der Waals surface area contributed by atoms with Crippen LogP contribution in [0, 0.1) is 5.92 Å². The van der Waals surface area contributed by atoms with Gasteiger partial charge in [0.1, 0.15) is 0 Å². The molecule has 0 aromatic heterocycles. The van der Waals surface area contributed by atoms with Crippen molar-refractivity contribution in [1.82, 2.24) is 5.32 Å². The summed E-state index contributed by atoms with van der Waals surface area (Å²) in [6.45, 7) is 5.24. The molecule has 2 nitrogen and oxygen atoms in total. The monoisotopic (exact) mass is 157 g/mol. The van der Waals surface area contributed by atoms with E-state index < -0.39 is 0 Å². The molecular weight excluding hydrogens is 138 g/mol. The standard InChI is InChI=1S/C9H19NO/c1-7(2)10-9(6-11-3)8-4-5-8/h7-10H,4-6H2,1-3H3/t9-/m1/s1. The van der Waals surface area contributed by atoms with Crippen LogP contribution < -0.4 is 5.32 Å². The third kappa shape index (κ3) is 3.21. The second-order valence-corrected chi connectivity index (χ2v) is 3.72. The van der Waals surface area contributed by atoms with Crippen molar-refractivity contribution in [3.8, 4) is 0 Å². The van der Waals surface area contributed by atoms with Crippen LogP contribution in [-0.2, 0) is 4.74 Å². The van der Waals surface area contributed by atoms with Crippen molar-refractivity contribution in [2.45, 2.75) is 38.8 Å². The zero-order valence-electron chi connectivity index (χ0n) is 7.76. The lowest BCUT2D eigenvalue weighted by atomic mass is 10.2. The molecule has 1 N–H and O–H groups in total. The summed E-state index contributed by atoms with van der Waals surface area (Å²) in [5, 5.41) is 3.52. The summed E-state index contributed by atoms with van der Waals surface area (Å²) in [7, 11) is 1.78. The maximum Gasteiger partial charge on any atom is 0.0618 e. The molecule has 0 aliphatic heterocycles. The maximum atomic E-state index is 5.14. The Hall–Kier alpha value is -0.0800. The van der Waals surface area contributed by atoms with Gasteiger partial charge in [-0.05, 0) is 18.8 Å². The van der Waals surface area contributed by atoms with E-state index >= 15 is 0 Å². The fourth-order valence-corrected chi connectivity index (χ4v) is 1.43. The number of rotatable bonds is 5. The van der Waals surface area contributed by atoms with Crippen molar-refractivity contribution in [1.29, 1.82) is 0 Å². The van der Waals surface area contributed by atoms with E-state index in [9.17, 15) is 0 Å². The van der Waals surface area contributed by atoms with Gasteiger partial charge in [0.25, 0.3) is 0 Å². The van der Waals surface area contributed by atoms with Gasteiger partial charge in [-0.3, -0.25) is 0 Å². The summed E-state index contributed by atoms with van der Waals surface area (Å²) in [4.78, 5) is 0. The second-order valence-electron chi connectivity index (χ2n) is 3.72. The lowest BCUT2D eigenvalue weighted by molar-refractivity contribution is 0.153. The van der Waals surface area contributed by atoms with E-state index in [-0.39, 0.29) is 0 Å². The molecule has 0 bridgehead atoms. The van der Waals surface area contributed by atoms with E-state index in [2.05, 4.69) is 19.2 Å². The van der Waals surface area contributed by atoms with Crippen molar-refractivity contribution < 1.29 is 4.74 Å². The Morgan fingerprint density at radius 3 is 2.45 bits per heavy atom. The average molecular weight is 157 g/mol. The van der Waals surface area contributed by atoms with Gasteiger partial charge in [0, 0.05) is 19.2 Å². The van der Waals surface area contributed by atoms with Gasteiger partial charge >= 0.3 is 0 Å². The van der Waals surface area contributed by atoms with Crippen molar-refractivity contribution in [2.75, 3.05) is 13.7 Å². The van der Waals surface area contributed by atoms with Crippen LogP contribution in [0.5, 0.6) is 0 Å². The molecule has 66 valence electrons. The Labute approximate surface area is 69.3 Å². The Morgan fingerprint density at radius 1 is 1.45 bits per heavy atom. The Morgan fingerprint density at radius 2 is 2.09 bits per heavy atom. The summed E-state index contributed by atoms with van der Waals surface area (Å²) in [6.07, 6.45) is 2.77. The summed E-state index contributed by atoms with van der Waals surface area (Å²) >= 11 is 0. The Kier molecular flexibility index (Phi) is 3.34. The van der Waals surface area contributed by atoms with E-state index in [0.717, 1.165) is 12.5 Å². The normalized spacial score (nSPS) is 20.7. The molecule has 0 unspecified atom stereocenters. The van der Waals surface area contributed by atoms with Gasteiger partial charge in [-0.1, -0.05) is 13.8 Å². The Bertz CT molecular complexity index is 110. The molecule has 11 heavy (non-hydrogen) atoms. The molecule has 1 fully saturated rings. The van der Waals surface area contributed by atoms with Gasteiger partial charge in [-0.25, -0.2) is 0 Å². The highest BCUT2D eigenvalue weighted by atomic mass is 16.5. The molecule has 0 saturated heterocycles. The molecule has 0 amide bonds. The van der Waals surface area contributed by atoms with Crippen LogP contribution in [0.1, 0.15) is 26.7 Å².